The fourth-order valence-corrected chi connectivity index (χ4v) is 3.97. The molecule has 4 rings (SSSR count). The van der Waals surface area contributed by atoms with Gasteiger partial charge < -0.3 is 28.3 Å². The Balaban J connectivity index is 1.54. The van der Waals surface area contributed by atoms with E-state index >= 15 is 0 Å². The topological polar surface area (TPSA) is 64.0 Å². The Morgan fingerprint density at radius 2 is 1.41 bits per heavy atom. The Morgan fingerprint density at radius 1 is 0.735 bits per heavy atom. The van der Waals surface area contributed by atoms with E-state index in [2.05, 4.69) is 10.6 Å². The van der Waals surface area contributed by atoms with Crippen LogP contribution < -0.4 is 23.7 Å². The zero-order valence-electron chi connectivity index (χ0n) is 20.0. The number of methoxy groups -OCH3 is 4. The van der Waals surface area contributed by atoms with Gasteiger partial charge in [-0.25, -0.2) is 4.98 Å². The van der Waals surface area contributed by atoms with Crippen molar-refractivity contribution in [3.8, 4) is 40.1 Å². The molecule has 7 heteroatoms. The molecule has 0 aliphatic heterocycles. The SMILES string of the molecule is COc1ccc(OCCCCn2c(-c3cc(OC)c(OC)c(OC)c3)nc3ccccc32)cc1. The highest BCUT2D eigenvalue weighted by Gasteiger charge is 2.18. The van der Waals surface area contributed by atoms with Gasteiger partial charge in [0.2, 0.25) is 5.75 Å². The lowest BCUT2D eigenvalue weighted by Crippen LogP contribution is -2.04. The first-order chi connectivity index (χ1) is 16.7. The first-order valence-corrected chi connectivity index (χ1v) is 11.2. The number of hydrogen-bond acceptors (Lipinski definition) is 6. The van der Waals surface area contributed by atoms with Crippen LogP contribution in [0, 0.1) is 0 Å². The summed E-state index contributed by atoms with van der Waals surface area (Å²) in [5.41, 5.74) is 2.93. The van der Waals surface area contributed by atoms with Gasteiger partial charge in [-0.05, 0) is 61.4 Å². The van der Waals surface area contributed by atoms with Crippen molar-refractivity contribution in [3.05, 3.63) is 60.7 Å². The highest BCUT2D eigenvalue weighted by Crippen LogP contribution is 2.41. The molecular weight excluding hydrogens is 432 g/mol. The van der Waals surface area contributed by atoms with Gasteiger partial charge >= 0.3 is 0 Å². The molecule has 0 saturated carbocycles. The number of fused-ring (bicyclic) bond motifs is 1. The lowest BCUT2D eigenvalue weighted by molar-refractivity contribution is 0.303. The molecule has 0 spiro atoms. The highest BCUT2D eigenvalue weighted by molar-refractivity contribution is 5.81. The van der Waals surface area contributed by atoms with Crippen molar-refractivity contribution in [2.45, 2.75) is 19.4 Å². The van der Waals surface area contributed by atoms with E-state index in [-0.39, 0.29) is 0 Å². The van der Waals surface area contributed by atoms with Crippen molar-refractivity contribution >= 4 is 11.0 Å². The normalized spacial score (nSPS) is 10.8. The molecule has 0 saturated heterocycles. The molecule has 0 fully saturated rings. The van der Waals surface area contributed by atoms with E-state index in [0.29, 0.717) is 23.9 Å². The molecule has 34 heavy (non-hydrogen) atoms. The Morgan fingerprint density at radius 3 is 2.06 bits per heavy atom. The molecule has 3 aromatic carbocycles. The number of unbranched alkanes of at least 4 members (excludes halogenated alkanes) is 1. The monoisotopic (exact) mass is 462 g/mol. The minimum Gasteiger partial charge on any atom is -0.497 e. The maximum absolute atomic E-state index is 5.89. The van der Waals surface area contributed by atoms with Gasteiger partial charge in [0, 0.05) is 12.1 Å². The molecule has 1 heterocycles. The number of benzene rings is 3. The summed E-state index contributed by atoms with van der Waals surface area (Å²) in [7, 11) is 6.49. The predicted octanol–water partition coefficient (Wildman–Crippen LogP) is 5.60. The molecule has 4 aromatic rings. The van der Waals surface area contributed by atoms with Gasteiger partial charge in [0.1, 0.15) is 17.3 Å². The second-order valence-electron chi connectivity index (χ2n) is 7.72. The minimum atomic E-state index is 0.562. The van der Waals surface area contributed by atoms with Crippen molar-refractivity contribution in [1.29, 1.82) is 0 Å². The fraction of sp³-hybridized carbons (Fsp3) is 0.296. The van der Waals surface area contributed by atoms with Gasteiger partial charge in [0.25, 0.3) is 0 Å². The Hall–Kier alpha value is -3.87. The molecule has 0 bridgehead atoms. The van der Waals surface area contributed by atoms with Crippen molar-refractivity contribution in [1.82, 2.24) is 9.55 Å². The number of aryl methyl sites for hydroxylation is 1. The molecule has 0 aliphatic rings. The smallest absolute Gasteiger partial charge is 0.203 e. The minimum absolute atomic E-state index is 0.562. The first kappa shape index (κ1) is 23.3. The average molecular weight is 463 g/mol. The standard InChI is InChI=1S/C27H30N2O5/c1-30-20-11-13-21(14-12-20)34-16-8-7-15-29-23-10-6-5-9-22(23)28-27(29)19-17-24(31-2)26(33-4)25(18-19)32-3/h5-6,9-14,17-18H,7-8,15-16H2,1-4H3. The fourth-order valence-electron chi connectivity index (χ4n) is 3.97. The zero-order chi connectivity index (χ0) is 23.9. The maximum atomic E-state index is 5.89. The first-order valence-electron chi connectivity index (χ1n) is 11.2. The van der Waals surface area contributed by atoms with Crippen molar-refractivity contribution in [2.24, 2.45) is 0 Å². The van der Waals surface area contributed by atoms with Crippen LogP contribution in [-0.2, 0) is 6.54 Å². The highest BCUT2D eigenvalue weighted by atomic mass is 16.5. The summed E-state index contributed by atoms with van der Waals surface area (Å²) in [6.45, 7) is 1.44. The van der Waals surface area contributed by atoms with E-state index in [1.54, 1.807) is 28.4 Å². The maximum Gasteiger partial charge on any atom is 0.203 e. The third-order valence-corrected chi connectivity index (χ3v) is 5.68. The van der Waals surface area contributed by atoms with Crippen LogP contribution >= 0.6 is 0 Å². The van der Waals surface area contributed by atoms with Gasteiger partial charge in [-0.3, -0.25) is 0 Å². The molecule has 0 unspecified atom stereocenters. The van der Waals surface area contributed by atoms with Crippen LogP contribution in [0.4, 0.5) is 0 Å². The van der Waals surface area contributed by atoms with Gasteiger partial charge in [0.05, 0.1) is 46.1 Å². The Kier molecular flexibility index (Phi) is 7.42. The zero-order valence-corrected chi connectivity index (χ0v) is 20.0. The van der Waals surface area contributed by atoms with E-state index in [9.17, 15) is 0 Å². The van der Waals surface area contributed by atoms with E-state index < -0.39 is 0 Å². The predicted molar refractivity (Wildman–Crippen MR) is 133 cm³/mol. The number of hydrogen-bond donors (Lipinski definition) is 0. The second-order valence-corrected chi connectivity index (χ2v) is 7.72. The number of ether oxygens (including phenoxy) is 5. The third kappa shape index (κ3) is 4.88. The largest absolute Gasteiger partial charge is 0.497 e. The number of para-hydroxylation sites is 2. The van der Waals surface area contributed by atoms with Crippen LogP contribution in [0.2, 0.25) is 0 Å². The summed E-state index contributed by atoms with van der Waals surface area (Å²) < 4.78 is 29.9. The summed E-state index contributed by atoms with van der Waals surface area (Å²) in [6, 6.07) is 19.7. The van der Waals surface area contributed by atoms with Crippen LogP contribution in [0.1, 0.15) is 12.8 Å². The van der Waals surface area contributed by atoms with Gasteiger partial charge in [-0.15, -0.1) is 0 Å². The molecule has 0 amide bonds. The van der Waals surface area contributed by atoms with Crippen LogP contribution in [-0.4, -0.2) is 44.6 Å². The molecule has 7 nitrogen and oxygen atoms in total. The van der Waals surface area contributed by atoms with Crippen molar-refractivity contribution < 1.29 is 23.7 Å². The van der Waals surface area contributed by atoms with Crippen LogP contribution in [0.3, 0.4) is 0 Å². The summed E-state index contributed by atoms with van der Waals surface area (Å²) >= 11 is 0. The Labute approximate surface area is 199 Å². The molecule has 0 atom stereocenters. The summed E-state index contributed by atoms with van der Waals surface area (Å²) in [5.74, 6) is 4.28. The second kappa shape index (κ2) is 10.8. The lowest BCUT2D eigenvalue weighted by atomic mass is 10.1. The van der Waals surface area contributed by atoms with Crippen LogP contribution in [0.15, 0.2) is 60.7 Å². The number of imidazole rings is 1. The number of rotatable bonds is 11. The summed E-state index contributed by atoms with van der Waals surface area (Å²) in [4.78, 5) is 4.92. The summed E-state index contributed by atoms with van der Waals surface area (Å²) in [5, 5.41) is 0. The van der Waals surface area contributed by atoms with E-state index in [1.807, 2.05) is 54.6 Å². The van der Waals surface area contributed by atoms with Crippen molar-refractivity contribution in [3.63, 3.8) is 0 Å². The molecule has 0 N–H and O–H groups in total. The van der Waals surface area contributed by atoms with E-state index in [0.717, 1.165) is 53.3 Å². The quantitative estimate of drug-likeness (QED) is 0.271. The van der Waals surface area contributed by atoms with Gasteiger partial charge in [-0.2, -0.15) is 0 Å². The number of aromatic nitrogens is 2. The third-order valence-electron chi connectivity index (χ3n) is 5.68. The van der Waals surface area contributed by atoms with Crippen LogP contribution in [0.5, 0.6) is 28.7 Å². The molecule has 0 radical (unpaired) electrons. The lowest BCUT2D eigenvalue weighted by Gasteiger charge is -2.15. The Bertz CT molecular complexity index is 1210. The molecule has 1 aromatic heterocycles. The molecule has 0 aliphatic carbocycles. The van der Waals surface area contributed by atoms with E-state index in [1.165, 1.54) is 0 Å². The molecular formula is C27H30N2O5. The summed E-state index contributed by atoms with van der Waals surface area (Å²) in [6.07, 6.45) is 1.85. The van der Waals surface area contributed by atoms with E-state index in [4.69, 9.17) is 28.7 Å². The van der Waals surface area contributed by atoms with Gasteiger partial charge in [0.15, 0.2) is 11.5 Å². The number of nitrogens with zero attached hydrogens (tertiary/aromatic N) is 2. The molecule has 178 valence electrons. The average Bonchev–Trinajstić information content (AvgIpc) is 3.26. The van der Waals surface area contributed by atoms with Crippen molar-refractivity contribution in [2.75, 3.05) is 35.0 Å². The van der Waals surface area contributed by atoms with Gasteiger partial charge in [-0.1, -0.05) is 12.1 Å². The van der Waals surface area contributed by atoms with Crippen LogP contribution in [0.25, 0.3) is 22.4 Å².